The number of hydrogen-bond donors (Lipinski definition) is 0. The van der Waals surface area contributed by atoms with Gasteiger partial charge in [0.05, 0.1) is 11.1 Å². The van der Waals surface area contributed by atoms with E-state index in [1.54, 1.807) is 30.5 Å². The molecule has 2 rings (SSSR count). The number of carbonyl (C=O) groups excluding carboxylic acids is 2. The lowest BCUT2D eigenvalue weighted by molar-refractivity contribution is 0.0397. The van der Waals surface area contributed by atoms with Crippen LogP contribution in [-0.4, -0.2) is 16.9 Å². The Balaban J connectivity index is 2.13. The van der Waals surface area contributed by atoms with E-state index in [2.05, 4.69) is 27.6 Å². The average molecular weight is 479 g/mol. The van der Waals surface area contributed by atoms with Crippen LogP contribution in [0.15, 0.2) is 42.7 Å². The summed E-state index contributed by atoms with van der Waals surface area (Å²) in [6, 6.07) is 8.45. The zero-order chi connectivity index (χ0) is 13.8. The van der Waals surface area contributed by atoms with Crippen molar-refractivity contribution in [2.75, 3.05) is 0 Å². The third-order valence-corrected chi connectivity index (χ3v) is 3.45. The number of hydrogen-bond acceptors (Lipinski definition) is 4. The fraction of sp³-hybridized carbons (Fsp3) is 0. The minimum Gasteiger partial charge on any atom is -0.386 e. The van der Waals surface area contributed by atoms with Gasteiger partial charge in [0.1, 0.15) is 0 Å². The number of benzene rings is 1. The number of carbonyl (C=O) groups is 2. The molecule has 96 valence electrons. The van der Waals surface area contributed by atoms with Crippen LogP contribution < -0.4 is 0 Å². The molecule has 0 radical (unpaired) electrons. The molecule has 0 saturated carbocycles. The molecule has 0 aliphatic rings. The van der Waals surface area contributed by atoms with E-state index in [-0.39, 0.29) is 5.56 Å². The molecule has 0 N–H and O–H groups in total. The maximum absolute atomic E-state index is 11.8. The topological polar surface area (TPSA) is 56.3 Å². The van der Waals surface area contributed by atoms with Gasteiger partial charge in [0.15, 0.2) is 0 Å². The highest BCUT2D eigenvalue weighted by Gasteiger charge is 2.15. The highest BCUT2D eigenvalue weighted by atomic mass is 127. The standard InChI is InChI=1S/C13H7I2NO3/c14-10-3-1-2-8(4-10)12(17)19-13(18)9-5-11(15)7-16-6-9/h1-7H. The lowest BCUT2D eigenvalue weighted by Gasteiger charge is -2.03. The first-order chi connectivity index (χ1) is 9.06. The molecule has 0 saturated heterocycles. The number of aromatic nitrogens is 1. The minimum absolute atomic E-state index is 0.255. The molecule has 0 aliphatic heterocycles. The molecule has 19 heavy (non-hydrogen) atoms. The first-order valence-electron chi connectivity index (χ1n) is 5.19. The number of halogens is 2. The summed E-state index contributed by atoms with van der Waals surface area (Å²) in [5.74, 6) is -1.36. The molecule has 2 aromatic rings. The maximum Gasteiger partial charge on any atom is 0.347 e. The van der Waals surface area contributed by atoms with Gasteiger partial charge in [-0.05, 0) is 69.4 Å². The molecule has 0 atom stereocenters. The lowest BCUT2D eigenvalue weighted by Crippen LogP contribution is -2.13. The Kier molecular flexibility index (Phi) is 4.86. The summed E-state index contributed by atoms with van der Waals surface area (Å²) < 4.78 is 6.51. The van der Waals surface area contributed by atoms with Crippen molar-refractivity contribution in [2.24, 2.45) is 0 Å². The van der Waals surface area contributed by atoms with Crippen molar-refractivity contribution in [3.8, 4) is 0 Å². The van der Waals surface area contributed by atoms with Gasteiger partial charge in [0, 0.05) is 19.5 Å². The number of ether oxygens (including phenoxy) is 1. The summed E-state index contributed by atoms with van der Waals surface area (Å²) in [4.78, 5) is 27.5. The van der Waals surface area contributed by atoms with Crippen LogP contribution in [0.25, 0.3) is 0 Å². The van der Waals surface area contributed by atoms with Crippen molar-refractivity contribution in [3.05, 3.63) is 61.0 Å². The van der Waals surface area contributed by atoms with Crippen LogP contribution in [0.3, 0.4) is 0 Å². The van der Waals surface area contributed by atoms with E-state index < -0.39 is 11.9 Å². The molecular formula is C13H7I2NO3. The Morgan fingerprint density at radius 3 is 2.32 bits per heavy atom. The molecule has 0 unspecified atom stereocenters. The third-order valence-electron chi connectivity index (χ3n) is 2.19. The second kappa shape index (κ2) is 6.42. The van der Waals surface area contributed by atoms with E-state index in [1.165, 1.54) is 6.20 Å². The zero-order valence-electron chi connectivity index (χ0n) is 9.47. The summed E-state index contributed by atoms with van der Waals surface area (Å²) in [5.41, 5.74) is 0.602. The first kappa shape index (κ1) is 14.4. The van der Waals surface area contributed by atoms with E-state index in [9.17, 15) is 9.59 Å². The van der Waals surface area contributed by atoms with Crippen molar-refractivity contribution in [3.63, 3.8) is 0 Å². The molecule has 6 heteroatoms. The Bertz CT molecular complexity index is 588. The molecule has 1 aromatic heterocycles. The van der Waals surface area contributed by atoms with Gasteiger partial charge in [-0.3, -0.25) is 4.98 Å². The van der Waals surface area contributed by atoms with Gasteiger partial charge < -0.3 is 4.74 Å². The number of rotatable bonds is 2. The normalized spacial score (nSPS) is 10.0. The predicted molar refractivity (Wildman–Crippen MR) is 85.9 cm³/mol. The van der Waals surface area contributed by atoms with E-state index in [1.807, 2.05) is 28.7 Å². The Labute approximate surface area is 136 Å². The summed E-state index contributed by atoms with van der Waals surface area (Å²) in [6.45, 7) is 0. The summed E-state index contributed by atoms with van der Waals surface area (Å²) in [7, 11) is 0. The predicted octanol–water partition coefficient (Wildman–Crippen LogP) is 3.29. The van der Waals surface area contributed by atoms with E-state index in [4.69, 9.17) is 4.74 Å². The Morgan fingerprint density at radius 1 is 0.947 bits per heavy atom. The van der Waals surface area contributed by atoms with Crippen molar-refractivity contribution in [2.45, 2.75) is 0 Å². The van der Waals surface area contributed by atoms with Crippen molar-refractivity contribution < 1.29 is 14.3 Å². The third kappa shape index (κ3) is 3.96. The second-order valence-electron chi connectivity index (χ2n) is 3.58. The number of nitrogens with zero attached hydrogens (tertiary/aromatic N) is 1. The molecule has 0 spiro atoms. The van der Waals surface area contributed by atoms with E-state index in [0.717, 1.165) is 7.14 Å². The van der Waals surface area contributed by atoms with Gasteiger partial charge >= 0.3 is 11.9 Å². The Morgan fingerprint density at radius 2 is 1.63 bits per heavy atom. The fourth-order valence-corrected chi connectivity index (χ4v) is 2.38. The lowest BCUT2D eigenvalue weighted by atomic mass is 10.2. The van der Waals surface area contributed by atoms with Crippen LogP contribution in [0.4, 0.5) is 0 Å². The van der Waals surface area contributed by atoms with Gasteiger partial charge in [0.25, 0.3) is 0 Å². The van der Waals surface area contributed by atoms with Crippen LogP contribution in [0.5, 0.6) is 0 Å². The van der Waals surface area contributed by atoms with Crippen LogP contribution in [0.1, 0.15) is 20.7 Å². The molecule has 0 fully saturated rings. The highest BCUT2D eigenvalue weighted by Crippen LogP contribution is 2.11. The molecule has 1 aromatic carbocycles. The second-order valence-corrected chi connectivity index (χ2v) is 6.07. The monoisotopic (exact) mass is 479 g/mol. The number of esters is 2. The van der Waals surface area contributed by atoms with Crippen molar-refractivity contribution >= 4 is 57.1 Å². The van der Waals surface area contributed by atoms with Crippen LogP contribution in [0.2, 0.25) is 0 Å². The zero-order valence-corrected chi connectivity index (χ0v) is 13.8. The van der Waals surface area contributed by atoms with Gasteiger partial charge in [0.2, 0.25) is 0 Å². The van der Waals surface area contributed by atoms with Crippen LogP contribution in [0, 0.1) is 7.14 Å². The quantitative estimate of drug-likeness (QED) is 0.377. The van der Waals surface area contributed by atoms with Crippen molar-refractivity contribution in [1.82, 2.24) is 4.98 Å². The number of pyridine rings is 1. The molecule has 0 bridgehead atoms. The highest BCUT2D eigenvalue weighted by molar-refractivity contribution is 14.1. The summed E-state index contributed by atoms with van der Waals surface area (Å²) >= 11 is 4.12. The fourth-order valence-electron chi connectivity index (χ4n) is 1.34. The van der Waals surface area contributed by atoms with Gasteiger partial charge in [-0.1, -0.05) is 6.07 Å². The van der Waals surface area contributed by atoms with Gasteiger partial charge in [-0.25, -0.2) is 9.59 Å². The van der Waals surface area contributed by atoms with Crippen LogP contribution in [-0.2, 0) is 4.74 Å². The summed E-state index contributed by atoms with van der Waals surface area (Å²) in [5, 5.41) is 0. The van der Waals surface area contributed by atoms with Gasteiger partial charge in [-0.15, -0.1) is 0 Å². The van der Waals surface area contributed by atoms with Crippen molar-refractivity contribution in [1.29, 1.82) is 0 Å². The summed E-state index contributed by atoms with van der Waals surface area (Å²) in [6.07, 6.45) is 2.98. The maximum atomic E-state index is 11.8. The van der Waals surface area contributed by atoms with Gasteiger partial charge in [-0.2, -0.15) is 0 Å². The van der Waals surface area contributed by atoms with Crippen LogP contribution >= 0.6 is 45.2 Å². The molecular weight excluding hydrogens is 472 g/mol. The van der Waals surface area contributed by atoms with E-state index >= 15 is 0 Å². The molecule has 0 amide bonds. The first-order valence-corrected chi connectivity index (χ1v) is 7.34. The van der Waals surface area contributed by atoms with E-state index in [0.29, 0.717) is 5.56 Å². The molecule has 1 heterocycles. The smallest absolute Gasteiger partial charge is 0.347 e. The Hall–Kier alpha value is -1.03. The molecule has 4 nitrogen and oxygen atoms in total. The molecule has 0 aliphatic carbocycles. The SMILES string of the molecule is O=C(OC(=O)c1cncc(I)c1)c1cccc(I)c1. The minimum atomic E-state index is -0.699. The average Bonchev–Trinajstić information content (AvgIpc) is 2.38. The largest absolute Gasteiger partial charge is 0.386 e.